The van der Waals surface area contributed by atoms with E-state index in [1.165, 1.54) is 6.92 Å². The molecule has 0 radical (unpaired) electrons. The van der Waals surface area contributed by atoms with Crippen LogP contribution in [0.4, 0.5) is 0 Å². The number of benzene rings is 1. The highest BCUT2D eigenvalue weighted by atomic mass is 16.2. The van der Waals surface area contributed by atoms with E-state index in [4.69, 9.17) is 0 Å². The predicted molar refractivity (Wildman–Crippen MR) is 61.8 cm³/mol. The Morgan fingerprint density at radius 2 is 1.69 bits per heavy atom. The molecule has 16 heavy (non-hydrogen) atoms. The van der Waals surface area contributed by atoms with Gasteiger partial charge in [0.1, 0.15) is 0 Å². The lowest BCUT2D eigenvalue weighted by Gasteiger charge is -2.05. The Labute approximate surface area is 95.0 Å². The minimum absolute atomic E-state index is 0.0310. The standard InChI is InChI=1S/C12H16N2O2/c1-10(15)13-7-8-14-12(16)9-11-5-3-2-4-6-11/h2-6H,7-9H2,1H3,(H,13,15)(H,14,16). The molecule has 1 aromatic rings. The highest BCUT2D eigenvalue weighted by molar-refractivity contribution is 5.78. The monoisotopic (exact) mass is 220 g/mol. The third-order valence-corrected chi connectivity index (χ3v) is 2.03. The Morgan fingerprint density at radius 3 is 2.31 bits per heavy atom. The third-order valence-electron chi connectivity index (χ3n) is 2.03. The summed E-state index contributed by atoms with van der Waals surface area (Å²) in [6, 6.07) is 9.54. The summed E-state index contributed by atoms with van der Waals surface area (Å²) in [4.78, 5) is 22.0. The molecule has 0 aliphatic carbocycles. The molecule has 2 N–H and O–H groups in total. The Bertz CT molecular complexity index is 349. The van der Waals surface area contributed by atoms with E-state index in [9.17, 15) is 9.59 Å². The molecule has 4 nitrogen and oxygen atoms in total. The van der Waals surface area contributed by atoms with Crippen molar-refractivity contribution in [1.29, 1.82) is 0 Å². The molecule has 1 aromatic carbocycles. The van der Waals surface area contributed by atoms with Gasteiger partial charge in [0.2, 0.25) is 11.8 Å². The van der Waals surface area contributed by atoms with Crippen molar-refractivity contribution < 1.29 is 9.59 Å². The SMILES string of the molecule is CC(=O)NCCNC(=O)Cc1ccccc1. The van der Waals surface area contributed by atoms with Crippen molar-refractivity contribution in [2.24, 2.45) is 0 Å². The van der Waals surface area contributed by atoms with Crippen molar-refractivity contribution in [3.05, 3.63) is 35.9 Å². The Balaban J connectivity index is 2.19. The smallest absolute Gasteiger partial charge is 0.224 e. The van der Waals surface area contributed by atoms with Gasteiger partial charge >= 0.3 is 0 Å². The second-order valence-electron chi connectivity index (χ2n) is 3.50. The first-order chi connectivity index (χ1) is 7.68. The molecule has 0 aliphatic rings. The van der Waals surface area contributed by atoms with Crippen LogP contribution in [-0.4, -0.2) is 24.9 Å². The fourth-order valence-electron chi connectivity index (χ4n) is 1.28. The van der Waals surface area contributed by atoms with Gasteiger partial charge in [0.25, 0.3) is 0 Å². The lowest BCUT2D eigenvalue weighted by molar-refractivity contribution is -0.121. The van der Waals surface area contributed by atoms with E-state index in [1.807, 2.05) is 30.3 Å². The molecule has 1 rings (SSSR count). The van der Waals surface area contributed by atoms with Gasteiger partial charge in [0, 0.05) is 20.0 Å². The van der Waals surface area contributed by atoms with Gasteiger partial charge in [-0.15, -0.1) is 0 Å². The summed E-state index contributed by atoms with van der Waals surface area (Å²) in [7, 11) is 0. The van der Waals surface area contributed by atoms with Crippen LogP contribution in [0.2, 0.25) is 0 Å². The van der Waals surface area contributed by atoms with Crippen LogP contribution in [0.5, 0.6) is 0 Å². The molecule has 0 saturated heterocycles. The average molecular weight is 220 g/mol. The topological polar surface area (TPSA) is 58.2 Å². The molecular formula is C12H16N2O2. The van der Waals surface area contributed by atoms with E-state index in [0.717, 1.165) is 5.56 Å². The summed E-state index contributed by atoms with van der Waals surface area (Å²) < 4.78 is 0. The number of amides is 2. The van der Waals surface area contributed by atoms with Gasteiger partial charge in [0.05, 0.1) is 6.42 Å². The second kappa shape index (κ2) is 6.61. The number of nitrogens with one attached hydrogen (secondary N) is 2. The Morgan fingerprint density at radius 1 is 1.06 bits per heavy atom. The van der Waals surface area contributed by atoms with E-state index in [-0.39, 0.29) is 11.8 Å². The first-order valence-electron chi connectivity index (χ1n) is 5.23. The summed E-state index contributed by atoms with van der Waals surface area (Å²) in [5.74, 6) is -0.117. The summed E-state index contributed by atoms with van der Waals surface area (Å²) in [5, 5.41) is 5.34. The number of rotatable bonds is 5. The minimum Gasteiger partial charge on any atom is -0.355 e. The maximum atomic E-state index is 11.4. The molecule has 4 heteroatoms. The van der Waals surface area contributed by atoms with Gasteiger partial charge < -0.3 is 10.6 Å². The number of carbonyl (C=O) groups excluding carboxylic acids is 2. The van der Waals surface area contributed by atoms with Gasteiger partial charge in [-0.1, -0.05) is 30.3 Å². The van der Waals surface area contributed by atoms with Crippen LogP contribution in [0.3, 0.4) is 0 Å². The van der Waals surface area contributed by atoms with Crippen LogP contribution in [0.25, 0.3) is 0 Å². The number of hydrogen-bond donors (Lipinski definition) is 2. The molecule has 0 heterocycles. The van der Waals surface area contributed by atoms with Gasteiger partial charge in [0.15, 0.2) is 0 Å². The number of carbonyl (C=O) groups is 2. The summed E-state index contributed by atoms with van der Waals surface area (Å²) in [6.45, 7) is 2.38. The van der Waals surface area contributed by atoms with Crippen LogP contribution in [-0.2, 0) is 16.0 Å². The molecular weight excluding hydrogens is 204 g/mol. The average Bonchev–Trinajstić information content (AvgIpc) is 2.25. The number of hydrogen-bond acceptors (Lipinski definition) is 2. The normalized spacial score (nSPS) is 9.56. The quantitative estimate of drug-likeness (QED) is 0.709. The zero-order valence-corrected chi connectivity index (χ0v) is 9.32. The van der Waals surface area contributed by atoms with Gasteiger partial charge in [-0.05, 0) is 5.56 Å². The van der Waals surface area contributed by atoms with Crippen molar-refractivity contribution >= 4 is 11.8 Å². The van der Waals surface area contributed by atoms with Gasteiger partial charge in [-0.2, -0.15) is 0 Å². The zero-order chi connectivity index (χ0) is 11.8. The molecule has 0 unspecified atom stereocenters. The first kappa shape index (κ1) is 12.2. The lowest BCUT2D eigenvalue weighted by Crippen LogP contribution is -2.34. The molecule has 0 fully saturated rings. The van der Waals surface area contributed by atoms with Crippen LogP contribution in [0, 0.1) is 0 Å². The minimum atomic E-state index is -0.0858. The fraction of sp³-hybridized carbons (Fsp3) is 0.333. The van der Waals surface area contributed by atoms with Crippen LogP contribution in [0.1, 0.15) is 12.5 Å². The summed E-state index contributed by atoms with van der Waals surface area (Å²) >= 11 is 0. The molecule has 0 saturated carbocycles. The van der Waals surface area contributed by atoms with Gasteiger partial charge in [-0.3, -0.25) is 9.59 Å². The molecule has 0 atom stereocenters. The highest BCUT2D eigenvalue weighted by Crippen LogP contribution is 1.98. The van der Waals surface area contributed by atoms with E-state index in [0.29, 0.717) is 19.5 Å². The molecule has 0 aliphatic heterocycles. The predicted octanol–water partition coefficient (Wildman–Crippen LogP) is 0.481. The van der Waals surface area contributed by atoms with E-state index in [1.54, 1.807) is 0 Å². The van der Waals surface area contributed by atoms with Crippen molar-refractivity contribution in [3.8, 4) is 0 Å². The lowest BCUT2D eigenvalue weighted by atomic mass is 10.1. The fourth-order valence-corrected chi connectivity index (χ4v) is 1.28. The van der Waals surface area contributed by atoms with Gasteiger partial charge in [-0.25, -0.2) is 0 Å². The van der Waals surface area contributed by atoms with Crippen molar-refractivity contribution in [2.45, 2.75) is 13.3 Å². The summed E-state index contributed by atoms with van der Waals surface area (Å²) in [6.07, 6.45) is 0.376. The van der Waals surface area contributed by atoms with Crippen molar-refractivity contribution in [1.82, 2.24) is 10.6 Å². The second-order valence-corrected chi connectivity index (χ2v) is 3.50. The maximum absolute atomic E-state index is 11.4. The zero-order valence-electron chi connectivity index (χ0n) is 9.32. The largest absolute Gasteiger partial charge is 0.355 e. The van der Waals surface area contributed by atoms with Crippen molar-refractivity contribution in [3.63, 3.8) is 0 Å². The van der Waals surface area contributed by atoms with E-state index >= 15 is 0 Å². The van der Waals surface area contributed by atoms with Crippen LogP contribution in [0.15, 0.2) is 30.3 Å². The molecule has 86 valence electrons. The van der Waals surface area contributed by atoms with E-state index in [2.05, 4.69) is 10.6 Å². The summed E-state index contributed by atoms with van der Waals surface area (Å²) in [5.41, 5.74) is 0.986. The first-order valence-corrected chi connectivity index (χ1v) is 5.23. The highest BCUT2D eigenvalue weighted by Gasteiger charge is 2.01. The molecule has 0 aromatic heterocycles. The molecule has 2 amide bonds. The van der Waals surface area contributed by atoms with Crippen LogP contribution >= 0.6 is 0 Å². The Hall–Kier alpha value is -1.84. The van der Waals surface area contributed by atoms with Crippen molar-refractivity contribution in [2.75, 3.05) is 13.1 Å². The third kappa shape index (κ3) is 5.14. The van der Waals surface area contributed by atoms with Crippen LogP contribution < -0.4 is 10.6 Å². The molecule has 0 bridgehead atoms. The Kier molecular flexibility index (Phi) is 5.05. The molecule has 0 spiro atoms. The van der Waals surface area contributed by atoms with E-state index < -0.39 is 0 Å². The maximum Gasteiger partial charge on any atom is 0.224 e.